The van der Waals surface area contributed by atoms with Crippen LogP contribution in [0.4, 0.5) is 5.69 Å². The molecule has 0 aromatic carbocycles. The Kier molecular flexibility index (Phi) is 3.06. The van der Waals surface area contributed by atoms with Crippen LogP contribution in [0.25, 0.3) is 0 Å². The predicted octanol–water partition coefficient (Wildman–Crippen LogP) is 1.57. The van der Waals surface area contributed by atoms with Crippen molar-refractivity contribution in [2.24, 2.45) is 0 Å². The fraction of sp³-hybridized carbons (Fsp3) is 0.545. The van der Waals surface area contributed by atoms with Gasteiger partial charge in [-0.2, -0.15) is 0 Å². The molecule has 0 saturated carbocycles. The summed E-state index contributed by atoms with van der Waals surface area (Å²) < 4.78 is 10.6. The van der Waals surface area contributed by atoms with Gasteiger partial charge < -0.3 is 15.2 Å². The molecule has 1 fully saturated rings. The average Bonchev–Trinajstić information content (AvgIpc) is 2.30. The van der Waals surface area contributed by atoms with Gasteiger partial charge in [0.2, 0.25) is 0 Å². The van der Waals surface area contributed by atoms with Gasteiger partial charge in [-0.3, -0.25) is 4.98 Å². The molecule has 0 unspecified atom stereocenters. The number of nitrogens with zero attached hydrogens (tertiary/aromatic N) is 1. The molecule has 82 valence electrons. The van der Waals surface area contributed by atoms with Gasteiger partial charge in [-0.15, -0.1) is 0 Å². The molecule has 0 amide bonds. The van der Waals surface area contributed by atoms with E-state index < -0.39 is 0 Å². The maximum Gasteiger partial charge on any atom is 0.142 e. The molecule has 15 heavy (non-hydrogen) atoms. The van der Waals surface area contributed by atoms with Crippen molar-refractivity contribution in [3.8, 4) is 5.75 Å². The van der Waals surface area contributed by atoms with Crippen LogP contribution >= 0.6 is 0 Å². The van der Waals surface area contributed by atoms with Gasteiger partial charge in [0.25, 0.3) is 0 Å². The van der Waals surface area contributed by atoms with E-state index in [1.165, 1.54) is 0 Å². The maximum atomic E-state index is 5.67. The van der Waals surface area contributed by atoms with Gasteiger partial charge in [-0.05, 0) is 12.8 Å². The molecule has 1 saturated heterocycles. The zero-order valence-corrected chi connectivity index (χ0v) is 8.90. The van der Waals surface area contributed by atoms with E-state index in [0.717, 1.165) is 37.5 Å². The molecule has 1 aliphatic heterocycles. The van der Waals surface area contributed by atoms with Gasteiger partial charge in [-0.1, -0.05) is 0 Å². The Morgan fingerprint density at radius 1 is 1.47 bits per heavy atom. The Labute approximate surface area is 89.4 Å². The average molecular weight is 208 g/mol. The Morgan fingerprint density at radius 2 is 2.20 bits per heavy atom. The Hall–Kier alpha value is -1.29. The molecule has 1 aliphatic rings. The number of anilines is 1. The van der Waals surface area contributed by atoms with Gasteiger partial charge in [0.15, 0.2) is 0 Å². The van der Waals surface area contributed by atoms with Gasteiger partial charge in [0.1, 0.15) is 5.75 Å². The Morgan fingerprint density at radius 3 is 2.87 bits per heavy atom. The molecule has 2 heterocycles. The smallest absolute Gasteiger partial charge is 0.142 e. The summed E-state index contributed by atoms with van der Waals surface area (Å²) >= 11 is 0. The monoisotopic (exact) mass is 208 g/mol. The number of ether oxygens (including phenoxy) is 2. The molecule has 1 aromatic heterocycles. The molecule has 2 rings (SSSR count). The first-order valence-electron chi connectivity index (χ1n) is 5.18. The second kappa shape index (κ2) is 4.49. The second-order valence-corrected chi connectivity index (χ2v) is 3.74. The van der Waals surface area contributed by atoms with E-state index in [0.29, 0.717) is 11.6 Å². The van der Waals surface area contributed by atoms with Crippen molar-refractivity contribution in [1.29, 1.82) is 0 Å². The van der Waals surface area contributed by atoms with Crippen LogP contribution in [0.2, 0.25) is 0 Å². The first kappa shape index (κ1) is 10.2. The lowest BCUT2D eigenvalue weighted by atomic mass is 9.95. The topological polar surface area (TPSA) is 57.4 Å². The summed E-state index contributed by atoms with van der Waals surface area (Å²) in [6, 6.07) is 1.83. The predicted molar refractivity (Wildman–Crippen MR) is 58.0 cm³/mol. The van der Waals surface area contributed by atoms with Crippen LogP contribution in [-0.4, -0.2) is 25.3 Å². The van der Waals surface area contributed by atoms with E-state index in [9.17, 15) is 0 Å². The van der Waals surface area contributed by atoms with Crippen LogP contribution in [0, 0.1) is 0 Å². The number of aromatic nitrogens is 1. The van der Waals surface area contributed by atoms with Crippen molar-refractivity contribution in [2.75, 3.05) is 26.1 Å². The van der Waals surface area contributed by atoms with Crippen LogP contribution in [0.1, 0.15) is 24.5 Å². The second-order valence-electron chi connectivity index (χ2n) is 3.74. The summed E-state index contributed by atoms with van der Waals surface area (Å²) in [6.07, 6.45) is 3.70. The van der Waals surface area contributed by atoms with Crippen molar-refractivity contribution in [3.05, 3.63) is 18.0 Å². The minimum absolute atomic E-state index is 0.439. The number of nitrogen functional groups attached to an aromatic ring is 1. The minimum atomic E-state index is 0.439. The minimum Gasteiger partial charge on any atom is -0.495 e. The summed E-state index contributed by atoms with van der Waals surface area (Å²) in [7, 11) is 1.65. The highest BCUT2D eigenvalue weighted by Gasteiger charge is 2.20. The van der Waals surface area contributed by atoms with Crippen LogP contribution in [0.5, 0.6) is 5.75 Å². The van der Waals surface area contributed by atoms with Gasteiger partial charge in [0.05, 0.1) is 24.7 Å². The third-order valence-corrected chi connectivity index (χ3v) is 2.73. The van der Waals surface area contributed by atoms with Gasteiger partial charge in [-0.25, -0.2) is 0 Å². The molecule has 0 atom stereocenters. The van der Waals surface area contributed by atoms with Crippen LogP contribution in [0.15, 0.2) is 12.3 Å². The van der Waals surface area contributed by atoms with Gasteiger partial charge in [0, 0.05) is 25.2 Å². The Bertz CT molecular complexity index is 335. The molecule has 2 N–H and O–H groups in total. The highest BCUT2D eigenvalue weighted by molar-refractivity contribution is 5.45. The van der Waals surface area contributed by atoms with Crippen LogP contribution in [0.3, 0.4) is 0 Å². The molecule has 0 aliphatic carbocycles. The summed E-state index contributed by atoms with van der Waals surface area (Å²) in [5, 5.41) is 0. The van der Waals surface area contributed by atoms with Crippen molar-refractivity contribution in [1.82, 2.24) is 4.98 Å². The van der Waals surface area contributed by atoms with E-state index in [1.807, 2.05) is 6.07 Å². The first-order valence-corrected chi connectivity index (χ1v) is 5.18. The molecule has 4 heteroatoms. The van der Waals surface area contributed by atoms with Crippen LogP contribution < -0.4 is 10.5 Å². The van der Waals surface area contributed by atoms with Crippen molar-refractivity contribution >= 4 is 5.69 Å². The maximum absolute atomic E-state index is 5.67. The first-order chi connectivity index (χ1) is 7.31. The summed E-state index contributed by atoms with van der Waals surface area (Å²) in [6.45, 7) is 1.61. The number of hydrogen-bond donors (Lipinski definition) is 1. The summed E-state index contributed by atoms with van der Waals surface area (Å²) in [5.74, 6) is 1.23. The van der Waals surface area contributed by atoms with Crippen molar-refractivity contribution < 1.29 is 9.47 Å². The fourth-order valence-corrected chi connectivity index (χ4v) is 1.91. The number of hydrogen-bond acceptors (Lipinski definition) is 4. The SMILES string of the molecule is COc1cc(N)cnc1C1CCOCC1. The van der Waals surface area contributed by atoms with Crippen molar-refractivity contribution in [2.45, 2.75) is 18.8 Å². The zero-order chi connectivity index (χ0) is 10.7. The van der Waals surface area contributed by atoms with E-state index in [2.05, 4.69) is 4.98 Å². The lowest BCUT2D eigenvalue weighted by Crippen LogP contribution is -2.16. The zero-order valence-electron chi connectivity index (χ0n) is 8.90. The summed E-state index contributed by atoms with van der Waals surface area (Å²) in [4.78, 5) is 4.37. The van der Waals surface area contributed by atoms with E-state index in [1.54, 1.807) is 13.3 Å². The fourth-order valence-electron chi connectivity index (χ4n) is 1.91. The molecular weight excluding hydrogens is 192 g/mol. The number of rotatable bonds is 2. The van der Waals surface area contributed by atoms with E-state index in [4.69, 9.17) is 15.2 Å². The van der Waals surface area contributed by atoms with Crippen LogP contribution in [-0.2, 0) is 4.74 Å². The highest BCUT2D eigenvalue weighted by Crippen LogP contribution is 2.32. The third kappa shape index (κ3) is 2.21. The van der Waals surface area contributed by atoms with Gasteiger partial charge >= 0.3 is 0 Å². The van der Waals surface area contributed by atoms with E-state index >= 15 is 0 Å². The molecule has 0 bridgehead atoms. The molecule has 0 radical (unpaired) electrons. The lowest BCUT2D eigenvalue weighted by Gasteiger charge is -2.23. The molecular formula is C11H16N2O2. The Balaban J connectivity index is 2.25. The molecule has 0 spiro atoms. The normalized spacial score (nSPS) is 17.7. The van der Waals surface area contributed by atoms with Crippen molar-refractivity contribution in [3.63, 3.8) is 0 Å². The highest BCUT2D eigenvalue weighted by atomic mass is 16.5. The number of nitrogens with two attached hydrogens (primary N) is 1. The molecule has 1 aromatic rings. The lowest BCUT2D eigenvalue weighted by molar-refractivity contribution is 0.0839. The van der Waals surface area contributed by atoms with E-state index in [-0.39, 0.29) is 0 Å². The third-order valence-electron chi connectivity index (χ3n) is 2.73. The quantitative estimate of drug-likeness (QED) is 0.801. The largest absolute Gasteiger partial charge is 0.495 e. The number of pyridine rings is 1. The number of methoxy groups -OCH3 is 1. The molecule has 4 nitrogen and oxygen atoms in total. The summed E-state index contributed by atoms with van der Waals surface area (Å²) in [5.41, 5.74) is 7.32. The standard InChI is InChI=1S/C11H16N2O2/c1-14-10-6-9(12)7-13-11(10)8-2-4-15-5-3-8/h6-8H,2-5,12H2,1H3.